The van der Waals surface area contributed by atoms with Gasteiger partial charge in [-0.15, -0.1) is 0 Å². The number of nitrogens with one attached hydrogen (secondary N) is 1. The first-order valence-electron chi connectivity index (χ1n) is 10.3. The van der Waals surface area contributed by atoms with Crippen LogP contribution < -0.4 is 14.4 Å². The van der Waals surface area contributed by atoms with Gasteiger partial charge in [0.05, 0.1) is 12.6 Å². The highest BCUT2D eigenvalue weighted by Gasteiger charge is 2.43. The summed E-state index contributed by atoms with van der Waals surface area (Å²) in [7, 11) is 1.90. The van der Waals surface area contributed by atoms with Gasteiger partial charge in [-0.25, -0.2) is 8.42 Å². The van der Waals surface area contributed by atoms with Crippen molar-refractivity contribution in [2.75, 3.05) is 37.4 Å². The Balaban J connectivity index is 1.56. The van der Waals surface area contributed by atoms with Gasteiger partial charge in [-0.3, -0.25) is 9.56 Å². The maximum atomic E-state index is 13.3. The first-order chi connectivity index (χ1) is 15.3. The van der Waals surface area contributed by atoms with Crippen molar-refractivity contribution in [2.45, 2.75) is 11.3 Å². The number of hydrogen-bond donors (Lipinski definition) is 1. The van der Waals surface area contributed by atoms with Crippen molar-refractivity contribution >= 4 is 21.4 Å². The van der Waals surface area contributed by atoms with Crippen molar-refractivity contribution in [3.63, 3.8) is 0 Å². The van der Waals surface area contributed by atoms with Crippen LogP contribution in [0.2, 0.25) is 0 Å². The van der Waals surface area contributed by atoms with Crippen molar-refractivity contribution < 1.29 is 18.0 Å². The van der Waals surface area contributed by atoms with E-state index in [1.54, 1.807) is 24.2 Å². The molecule has 32 heavy (non-hydrogen) atoms. The third-order valence-electron chi connectivity index (χ3n) is 5.41. The number of para-hydroxylation sites is 1. The summed E-state index contributed by atoms with van der Waals surface area (Å²) in [6, 6.07) is 23.7. The highest BCUT2D eigenvalue weighted by molar-refractivity contribution is 7.93. The predicted molar refractivity (Wildman–Crippen MR) is 127 cm³/mol. The maximum Gasteiger partial charge on any atom is 0.239 e. The van der Waals surface area contributed by atoms with E-state index in [0.29, 0.717) is 17.2 Å². The zero-order chi connectivity index (χ0) is 22.7. The summed E-state index contributed by atoms with van der Waals surface area (Å²) in [6.07, 6.45) is 0. The van der Waals surface area contributed by atoms with Crippen LogP contribution in [0.4, 0.5) is 11.4 Å². The number of anilines is 2. The zero-order valence-corrected chi connectivity index (χ0v) is 19.1. The molecule has 168 valence electrons. The maximum absolute atomic E-state index is 13.3. The Bertz CT molecular complexity index is 1150. The number of benzene rings is 3. The third kappa shape index (κ3) is 4.88. The fourth-order valence-corrected chi connectivity index (χ4v) is 5.26. The molecule has 1 N–H and O–H groups in total. The van der Waals surface area contributed by atoms with Gasteiger partial charge in [0.25, 0.3) is 0 Å². The van der Waals surface area contributed by atoms with Crippen LogP contribution >= 0.6 is 0 Å². The Kier molecular flexibility index (Phi) is 6.36. The van der Waals surface area contributed by atoms with Crippen molar-refractivity contribution in [3.05, 3.63) is 84.4 Å². The van der Waals surface area contributed by atoms with Crippen LogP contribution in [0, 0.1) is 0 Å². The monoisotopic (exact) mass is 453 g/mol. The molecule has 8 heteroatoms. The van der Waals surface area contributed by atoms with E-state index in [-0.39, 0.29) is 6.61 Å². The van der Waals surface area contributed by atoms with Crippen LogP contribution in [0.25, 0.3) is 0 Å². The third-order valence-corrected chi connectivity index (χ3v) is 7.12. The lowest BCUT2D eigenvalue weighted by Gasteiger charge is -2.24. The minimum absolute atomic E-state index is 0.0655. The van der Waals surface area contributed by atoms with Crippen LogP contribution in [-0.2, 0) is 14.9 Å². The van der Waals surface area contributed by atoms with Gasteiger partial charge in [0.15, 0.2) is 0 Å². The average molecular weight is 454 g/mol. The molecule has 1 aliphatic heterocycles. The number of hydroxylamine groups is 2. The number of ether oxygens (including phenoxy) is 1. The quantitative estimate of drug-likeness (QED) is 0.576. The molecule has 7 nitrogen and oxygen atoms in total. The summed E-state index contributed by atoms with van der Waals surface area (Å²) in [5.41, 5.74) is 2.31. The Morgan fingerprint density at radius 3 is 2.34 bits per heavy atom. The molecule has 1 aliphatic rings. The molecular weight excluding hydrogens is 426 g/mol. The Morgan fingerprint density at radius 2 is 1.66 bits per heavy atom. The molecule has 0 saturated carbocycles. The molecule has 0 unspecified atom stereocenters. The van der Waals surface area contributed by atoms with Gasteiger partial charge >= 0.3 is 0 Å². The van der Waals surface area contributed by atoms with Gasteiger partial charge in [-0.2, -0.15) is 5.06 Å². The van der Waals surface area contributed by atoms with E-state index < -0.39 is 21.3 Å². The summed E-state index contributed by atoms with van der Waals surface area (Å²) in [5.74, 6) is 1.35. The summed E-state index contributed by atoms with van der Waals surface area (Å²) in [4.78, 5) is 7.59. The van der Waals surface area contributed by atoms with Crippen LogP contribution in [0.15, 0.2) is 78.9 Å². The Hall–Kier alpha value is -3.07. The number of nitrogens with zero attached hydrogens (tertiary/aromatic N) is 2. The van der Waals surface area contributed by atoms with Crippen LogP contribution in [0.3, 0.4) is 0 Å². The molecule has 0 bridgehead atoms. The van der Waals surface area contributed by atoms with Crippen LogP contribution in [0.5, 0.6) is 11.5 Å². The topological polar surface area (TPSA) is 71.1 Å². The largest absolute Gasteiger partial charge is 0.457 e. The molecule has 0 aromatic heterocycles. The molecule has 0 amide bonds. The van der Waals surface area contributed by atoms with Gasteiger partial charge in [0.1, 0.15) is 16.7 Å². The minimum atomic E-state index is -3.72. The Labute approximate surface area is 189 Å². The fourth-order valence-electron chi connectivity index (χ4n) is 3.73. The Morgan fingerprint density at radius 1 is 0.969 bits per heavy atom. The number of sulfonamides is 1. The summed E-state index contributed by atoms with van der Waals surface area (Å²) < 4.78 is 35.2. The summed E-state index contributed by atoms with van der Waals surface area (Å²) in [5, 5.41) is 0.814. The van der Waals surface area contributed by atoms with E-state index in [4.69, 9.17) is 9.57 Å². The number of rotatable bonds is 7. The molecule has 4 rings (SSSR count). The van der Waals surface area contributed by atoms with E-state index in [2.05, 4.69) is 4.72 Å². The second-order valence-corrected chi connectivity index (χ2v) is 9.80. The standard InChI is InChI=1S/C24H27N3O4S/c1-26(2)20-14-12-19(13-15-20)25-32(28,29)23-17-30-27(3)24(23)18-8-7-11-22(16-18)31-21-9-5-4-6-10-21/h4-16,23-25H,17H2,1-3H3/t23-,24+/m1/s1. The van der Waals surface area contributed by atoms with Crippen molar-refractivity contribution in [3.8, 4) is 11.5 Å². The first kappa shape index (κ1) is 22.1. The summed E-state index contributed by atoms with van der Waals surface area (Å²) >= 11 is 0. The van der Waals surface area contributed by atoms with Crippen LogP contribution in [-0.4, -0.2) is 46.5 Å². The van der Waals surface area contributed by atoms with Crippen molar-refractivity contribution in [2.24, 2.45) is 0 Å². The molecule has 1 heterocycles. The molecule has 0 radical (unpaired) electrons. The van der Waals surface area contributed by atoms with E-state index in [1.807, 2.05) is 85.7 Å². The van der Waals surface area contributed by atoms with Crippen molar-refractivity contribution in [1.82, 2.24) is 5.06 Å². The minimum Gasteiger partial charge on any atom is -0.457 e. The highest BCUT2D eigenvalue weighted by atomic mass is 32.2. The van der Waals surface area contributed by atoms with Gasteiger partial charge in [-0.05, 0) is 54.1 Å². The molecule has 1 saturated heterocycles. The lowest BCUT2D eigenvalue weighted by atomic mass is 10.0. The van der Waals surface area contributed by atoms with Gasteiger partial charge in [0.2, 0.25) is 10.0 Å². The molecular formula is C24H27N3O4S. The SMILES string of the molecule is CN(C)c1ccc(NS(=O)(=O)[C@@H]2CON(C)[C@H]2c2cccc(Oc3ccccc3)c2)cc1. The smallest absolute Gasteiger partial charge is 0.239 e. The van der Waals surface area contributed by atoms with Gasteiger partial charge < -0.3 is 9.64 Å². The molecule has 0 aliphatic carbocycles. The van der Waals surface area contributed by atoms with E-state index in [1.165, 1.54) is 0 Å². The highest BCUT2D eigenvalue weighted by Crippen LogP contribution is 2.36. The average Bonchev–Trinajstić information content (AvgIpc) is 3.17. The number of hydrogen-bond acceptors (Lipinski definition) is 6. The fraction of sp³-hybridized carbons (Fsp3) is 0.250. The van der Waals surface area contributed by atoms with Crippen LogP contribution in [0.1, 0.15) is 11.6 Å². The second-order valence-electron chi connectivity index (χ2n) is 7.90. The van der Waals surface area contributed by atoms with Gasteiger partial charge in [0, 0.05) is 32.5 Å². The van der Waals surface area contributed by atoms with E-state index in [9.17, 15) is 8.42 Å². The normalized spacial score (nSPS) is 19.0. The lowest BCUT2D eigenvalue weighted by molar-refractivity contribution is -0.110. The molecule has 0 spiro atoms. The molecule has 1 fully saturated rings. The zero-order valence-electron chi connectivity index (χ0n) is 18.3. The van der Waals surface area contributed by atoms with E-state index >= 15 is 0 Å². The lowest BCUT2D eigenvalue weighted by Crippen LogP contribution is -2.34. The van der Waals surface area contributed by atoms with Crippen molar-refractivity contribution in [1.29, 1.82) is 0 Å². The molecule has 2 atom stereocenters. The first-order valence-corrected chi connectivity index (χ1v) is 11.9. The van der Waals surface area contributed by atoms with Gasteiger partial charge in [-0.1, -0.05) is 30.3 Å². The summed E-state index contributed by atoms with van der Waals surface area (Å²) in [6.45, 7) is 0.0655. The second kappa shape index (κ2) is 9.20. The predicted octanol–water partition coefficient (Wildman–Crippen LogP) is 4.27. The molecule has 3 aromatic rings. The van der Waals surface area contributed by atoms with E-state index in [0.717, 1.165) is 11.3 Å². The molecule has 3 aromatic carbocycles.